The molecule has 2 aromatic heterocycles. The summed E-state index contributed by atoms with van der Waals surface area (Å²) in [5.41, 5.74) is 2.13. The van der Waals surface area contributed by atoms with Gasteiger partial charge in [0.15, 0.2) is 0 Å². The number of rotatable bonds is 6. The van der Waals surface area contributed by atoms with Crippen molar-refractivity contribution < 1.29 is 9.21 Å². The molecule has 2 aromatic rings. The molecule has 7 nitrogen and oxygen atoms in total. The SMILES string of the molecule is Cc1ccc(C(C)CCN2CCn3nc(CNC(=O)N(C)C)cc3C2)o1. The van der Waals surface area contributed by atoms with Crippen LogP contribution in [0.2, 0.25) is 0 Å². The standard InChI is InChI=1S/C19H29N5O2/c1-14(18-6-5-15(2)26-18)7-8-23-9-10-24-17(13-23)11-16(21-24)12-20-19(25)22(3)4/h5-6,11,14H,7-10,12-13H2,1-4H3,(H,20,25). The minimum absolute atomic E-state index is 0.0975. The van der Waals surface area contributed by atoms with E-state index in [1.807, 2.05) is 13.0 Å². The summed E-state index contributed by atoms with van der Waals surface area (Å²) in [5, 5.41) is 7.47. The molecule has 0 spiro atoms. The van der Waals surface area contributed by atoms with E-state index in [1.54, 1.807) is 14.1 Å². The van der Waals surface area contributed by atoms with Gasteiger partial charge in [0, 0.05) is 33.1 Å². The molecule has 142 valence electrons. The first-order valence-corrected chi connectivity index (χ1v) is 9.22. The van der Waals surface area contributed by atoms with E-state index in [0.717, 1.165) is 49.8 Å². The Kier molecular flexibility index (Phi) is 5.66. The third kappa shape index (κ3) is 4.46. The summed E-state index contributed by atoms with van der Waals surface area (Å²) in [5.74, 6) is 2.47. The second-order valence-electron chi connectivity index (χ2n) is 7.32. The number of carbonyl (C=O) groups is 1. The van der Waals surface area contributed by atoms with Crippen LogP contribution in [0.4, 0.5) is 4.79 Å². The summed E-state index contributed by atoms with van der Waals surface area (Å²) in [6, 6.07) is 6.11. The maximum atomic E-state index is 11.6. The molecule has 1 aliphatic rings. The number of aromatic nitrogens is 2. The molecule has 26 heavy (non-hydrogen) atoms. The third-order valence-corrected chi connectivity index (χ3v) is 4.88. The highest BCUT2D eigenvalue weighted by Crippen LogP contribution is 2.23. The van der Waals surface area contributed by atoms with Crippen LogP contribution in [0.1, 0.15) is 42.2 Å². The van der Waals surface area contributed by atoms with E-state index in [4.69, 9.17) is 4.42 Å². The highest BCUT2D eigenvalue weighted by Gasteiger charge is 2.20. The minimum atomic E-state index is -0.0975. The Morgan fingerprint density at radius 1 is 1.38 bits per heavy atom. The van der Waals surface area contributed by atoms with Crippen LogP contribution in [-0.2, 0) is 19.6 Å². The van der Waals surface area contributed by atoms with Crippen LogP contribution < -0.4 is 5.32 Å². The van der Waals surface area contributed by atoms with Crippen LogP contribution in [0.15, 0.2) is 22.6 Å². The third-order valence-electron chi connectivity index (χ3n) is 4.88. The predicted octanol–water partition coefficient (Wildman–Crippen LogP) is 2.57. The van der Waals surface area contributed by atoms with Crippen molar-refractivity contribution in [1.82, 2.24) is 24.9 Å². The average molecular weight is 359 g/mol. The lowest BCUT2D eigenvalue weighted by Crippen LogP contribution is -2.35. The van der Waals surface area contributed by atoms with Crippen molar-refractivity contribution in [3.05, 3.63) is 41.1 Å². The number of furan rings is 1. The Bertz CT molecular complexity index is 749. The predicted molar refractivity (Wildman–Crippen MR) is 99.9 cm³/mol. The molecule has 1 N–H and O–H groups in total. The topological polar surface area (TPSA) is 66.5 Å². The minimum Gasteiger partial charge on any atom is -0.466 e. The van der Waals surface area contributed by atoms with Crippen LogP contribution in [0, 0.1) is 6.92 Å². The molecule has 2 amide bonds. The molecule has 0 aromatic carbocycles. The van der Waals surface area contributed by atoms with Crippen molar-refractivity contribution in [2.24, 2.45) is 0 Å². The highest BCUT2D eigenvalue weighted by molar-refractivity contribution is 5.73. The largest absolute Gasteiger partial charge is 0.466 e. The molecule has 0 bridgehead atoms. The maximum Gasteiger partial charge on any atom is 0.317 e. The second-order valence-corrected chi connectivity index (χ2v) is 7.32. The lowest BCUT2D eigenvalue weighted by atomic mass is 10.0. The van der Waals surface area contributed by atoms with E-state index in [1.165, 1.54) is 10.6 Å². The molecule has 0 aliphatic carbocycles. The first kappa shape index (κ1) is 18.5. The van der Waals surface area contributed by atoms with Crippen molar-refractivity contribution in [1.29, 1.82) is 0 Å². The summed E-state index contributed by atoms with van der Waals surface area (Å²) >= 11 is 0. The summed E-state index contributed by atoms with van der Waals surface area (Å²) < 4.78 is 7.80. The fraction of sp³-hybridized carbons (Fsp3) is 0.579. The van der Waals surface area contributed by atoms with Crippen molar-refractivity contribution in [3.63, 3.8) is 0 Å². The van der Waals surface area contributed by atoms with Crippen LogP contribution in [0.5, 0.6) is 0 Å². The van der Waals surface area contributed by atoms with Crippen LogP contribution in [0.25, 0.3) is 0 Å². The molecule has 0 fully saturated rings. The zero-order valence-corrected chi connectivity index (χ0v) is 16.2. The van der Waals surface area contributed by atoms with Crippen LogP contribution in [-0.4, -0.2) is 52.8 Å². The van der Waals surface area contributed by atoms with Crippen molar-refractivity contribution in [2.75, 3.05) is 27.2 Å². The summed E-state index contributed by atoms with van der Waals surface area (Å²) in [6.07, 6.45) is 1.08. The highest BCUT2D eigenvalue weighted by atomic mass is 16.3. The molecule has 3 rings (SSSR count). The Hall–Kier alpha value is -2.28. The average Bonchev–Trinajstić information content (AvgIpc) is 3.22. The van der Waals surface area contributed by atoms with Crippen LogP contribution >= 0.6 is 0 Å². The zero-order chi connectivity index (χ0) is 18.7. The molecule has 0 radical (unpaired) electrons. The van der Waals surface area contributed by atoms with Gasteiger partial charge in [-0.3, -0.25) is 9.58 Å². The van der Waals surface area contributed by atoms with E-state index < -0.39 is 0 Å². The van der Waals surface area contributed by atoms with E-state index in [-0.39, 0.29) is 6.03 Å². The summed E-state index contributed by atoms with van der Waals surface area (Å²) in [7, 11) is 3.47. The molecule has 1 unspecified atom stereocenters. The Balaban J connectivity index is 1.50. The second kappa shape index (κ2) is 7.95. The van der Waals surface area contributed by atoms with E-state index in [9.17, 15) is 4.79 Å². The van der Waals surface area contributed by atoms with E-state index >= 15 is 0 Å². The number of nitrogens with one attached hydrogen (secondary N) is 1. The molecule has 1 aliphatic heterocycles. The molecule has 3 heterocycles. The van der Waals surface area contributed by atoms with Crippen molar-refractivity contribution >= 4 is 6.03 Å². The van der Waals surface area contributed by atoms with Gasteiger partial charge in [-0.25, -0.2) is 4.79 Å². The van der Waals surface area contributed by atoms with Gasteiger partial charge >= 0.3 is 6.03 Å². The Morgan fingerprint density at radius 3 is 2.88 bits per heavy atom. The Labute approximate surface area is 154 Å². The number of aryl methyl sites for hydroxylation is 1. The molecular formula is C19H29N5O2. The number of carbonyl (C=O) groups excluding carboxylic acids is 1. The molecule has 1 atom stereocenters. The van der Waals surface area contributed by atoms with Gasteiger partial charge in [0.25, 0.3) is 0 Å². The van der Waals surface area contributed by atoms with Crippen molar-refractivity contribution in [2.45, 2.75) is 45.8 Å². The van der Waals surface area contributed by atoms with Gasteiger partial charge in [0.05, 0.1) is 24.5 Å². The quantitative estimate of drug-likeness (QED) is 0.861. The number of hydrogen-bond donors (Lipinski definition) is 1. The van der Waals surface area contributed by atoms with Gasteiger partial charge in [-0.05, 0) is 38.1 Å². The fourth-order valence-corrected chi connectivity index (χ4v) is 3.22. The van der Waals surface area contributed by atoms with Crippen LogP contribution in [0.3, 0.4) is 0 Å². The smallest absolute Gasteiger partial charge is 0.317 e. The van der Waals surface area contributed by atoms with Gasteiger partial charge in [0.2, 0.25) is 0 Å². The van der Waals surface area contributed by atoms with Gasteiger partial charge in [-0.2, -0.15) is 5.10 Å². The van der Waals surface area contributed by atoms with Gasteiger partial charge in [-0.1, -0.05) is 6.92 Å². The number of urea groups is 1. The normalized spacial score (nSPS) is 15.5. The molecule has 7 heteroatoms. The number of fused-ring (bicyclic) bond motifs is 1. The molecular weight excluding hydrogens is 330 g/mol. The van der Waals surface area contributed by atoms with E-state index in [0.29, 0.717) is 12.5 Å². The maximum absolute atomic E-state index is 11.6. The fourth-order valence-electron chi connectivity index (χ4n) is 3.22. The summed E-state index contributed by atoms with van der Waals surface area (Å²) in [6.45, 7) is 8.51. The van der Waals surface area contributed by atoms with Gasteiger partial charge < -0.3 is 14.6 Å². The Morgan fingerprint density at radius 2 is 2.19 bits per heavy atom. The number of hydrogen-bond acceptors (Lipinski definition) is 4. The first-order chi connectivity index (χ1) is 12.4. The van der Waals surface area contributed by atoms with Gasteiger partial charge in [0.1, 0.15) is 11.5 Å². The number of nitrogens with zero attached hydrogens (tertiary/aromatic N) is 4. The zero-order valence-electron chi connectivity index (χ0n) is 16.2. The lowest BCUT2D eigenvalue weighted by molar-refractivity contribution is 0.204. The summed E-state index contributed by atoms with van der Waals surface area (Å²) in [4.78, 5) is 15.6. The van der Waals surface area contributed by atoms with E-state index in [2.05, 4.69) is 39.1 Å². The molecule has 0 saturated heterocycles. The lowest BCUT2D eigenvalue weighted by Gasteiger charge is -2.28. The number of amides is 2. The monoisotopic (exact) mass is 359 g/mol. The van der Waals surface area contributed by atoms with Crippen molar-refractivity contribution in [3.8, 4) is 0 Å². The molecule has 0 saturated carbocycles. The van der Waals surface area contributed by atoms with Gasteiger partial charge in [-0.15, -0.1) is 0 Å². The first-order valence-electron chi connectivity index (χ1n) is 9.22.